The predicted octanol–water partition coefficient (Wildman–Crippen LogP) is 2.23. The van der Waals surface area contributed by atoms with E-state index < -0.39 is 35.2 Å². The lowest BCUT2D eigenvalue weighted by atomic mass is 10.1. The number of hydrogen-bond acceptors (Lipinski definition) is 6. The minimum atomic E-state index is -0.944. The second kappa shape index (κ2) is 6.75. The van der Waals surface area contributed by atoms with Crippen LogP contribution in [0.25, 0.3) is 0 Å². The molecule has 0 saturated heterocycles. The van der Waals surface area contributed by atoms with Crippen molar-refractivity contribution in [1.29, 1.82) is 0 Å². The van der Waals surface area contributed by atoms with Crippen molar-refractivity contribution in [3.05, 3.63) is 69.8 Å². The van der Waals surface area contributed by atoms with Crippen molar-refractivity contribution >= 4 is 23.3 Å². The molecule has 1 atom stereocenters. The molecule has 1 heterocycles. The monoisotopic (exact) mass is 354 g/mol. The molecule has 0 spiro atoms. The van der Waals surface area contributed by atoms with E-state index in [1.165, 1.54) is 31.2 Å². The quantitative estimate of drug-likeness (QED) is 0.361. The van der Waals surface area contributed by atoms with Crippen LogP contribution in [0.3, 0.4) is 0 Å². The Labute approximate surface area is 148 Å². The van der Waals surface area contributed by atoms with Crippen molar-refractivity contribution in [2.24, 2.45) is 0 Å². The number of amides is 2. The summed E-state index contributed by atoms with van der Waals surface area (Å²) >= 11 is 0. The van der Waals surface area contributed by atoms with Crippen LogP contribution in [0, 0.1) is 10.1 Å². The first-order valence-corrected chi connectivity index (χ1v) is 7.77. The summed E-state index contributed by atoms with van der Waals surface area (Å²) in [5, 5.41) is 10.9. The summed E-state index contributed by atoms with van der Waals surface area (Å²) in [6.45, 7) is 0.962. The lowest BCUT2D eigenvalue weighted by Crippen LogP contribution is -2.44. The SMILES string of the molecule is C[C@@H]1Oc2ccccc2C(=O)N(CC(=O)c2cccc([N+](=O)[O-])c2)C1=O. The molecule has 2 aromatic rings. The van der Waals surface area contributed by atoms with Crippen LogP contribution in [0.4, 0.5) is 5.69 Å². The Hall–Kier alpha value is -3.55. The summed E-state index contributed by atoms with van der Waals surface area (Å²) in [5.74, 6) is -1.61. The maximum absolute atomic E-state index is 12.7. The van der Waals surface area contributed by atoms with E-state index in [-0.39, 0.29) is 22.6 Å². The van der Waals surface area contributed by atoms with Gasteiger partial charge in [0.05, 0.1) is 17.0 Å². The fourth-order valence-electron chi connectivity index (χ4n) is 2.63. The Kier molecular flexibility index (Phi) is 4.49. The van der Waals surface area contributed by atoms with E-state index in [2.05, 4.69) is 0 Å². The van der Waals surface area contributed by atoms with Crippen molar-refractivity contribution in [3.63, 3.8) is 0 Å². The molecule has 0 radical (unpaired) electrons. The van der Waals surface area contributed by atoms with E-state index in [1.807, 2.05) is 0 Å². The number of para-hydroxylation sites is 1. The first-order chi connectivity index (χ1) is 12.4. The van der Waals surface area contributed by atoms with E-state index in [0.29, 0.717) is 0 Å². The number of Topliss-reactive ketones (excluding diaryl/α,β-unsaturated/α-hetero) is 1. The number of ether oxygens (including phenoxy) is 1. The number of hydrogen-bond donors (Lipinski definition) is 0. The van der Waals surface area contributed by atoms with Crippen molar-refractivity contribution in [3.8, 4) is 5.75 Å². The van der Waals surface area contributed by atoms with Gasteiger partial charge < -0.3 is 4.74 Å². The van der Waals surface area contributed by atoms with Crippen molar-refractivity contribution in [2.75, 3.05) is 6.54 Å². The molecule has 0 bridgehead atoms. The third-order valence-corrected chi connectivity index (χ3v) is 3.96. The number of ketones is 1. The summed E-state index contributed by atoms with van der Waals surface area (Å²) in [6, 6.07) is 11.5. The zero-order valence-electron chi connectivity index (χ0n) is 13.7. The van der Waals surface area contributed by atoms with Gasteiger partial charge in [0.15, 0.2) is 11.9 Å². The van der Waals surface area contributed by atoms with Gasteiger partial charge >= 0.3 is 0 Å². The highest BCUT2D eigenvalue weighted by Crippen LogP contribution is 2.25. The number of nitrogens with zero attached hydrogens (tertiary/aromatic N) is 2. The molecular formula is C18H14N2O6. The van der Waals surface area contributed by atoms with E-state index in [4.69, 9.17) is 4.74 Å². The molecular weight excluding hydrogens is 340 g/mol. The van der Waals surface area contributed by atoms with E-state index in [1.54, 1.807) is 18.2 Å². The molecule has 26 heavy (non-hydrogen) atoms. The maximum Gasteiger partial charge on any atom is 0.270 e. The van der Waals surface area contributed by atoms with E-state index in [0.717, 1.165) is 11.0 Å². The van der Waals surface area contributed by atoms with Gasteiger partial charge in [-0.1, -0.05) is 24.3 Å². The van der Waals surface area contributed by atoms with Gasteiger partial charge in [0.1, 0.15) is 5.75 Å². The fourth-order valence-corrected chi connectivity index (χ4v) is 2.63. The predicted molar refractivity (Wildman–Crippen MR) is 90.0 cm³/mol. The summed E-state index contributed by atoms with van der Waals surface area (Å²) in [4.78, 5) is 48.7. The Bertz CT molecular complexity index is 923. The Morgan fingerprint density at radius 3 is 2.65 bits per heavy atom. The highest BCUT2D eigenvalue weighted by Gasteiger charge is 2.35. The molecule has 132 valence electrons. The van der Waals surface area contributed by atoms with E-state index in [9.17, 15) is 24.5 Å². The van der Waals surface area contributed by atoms with Gasteiger partial charge in [0.2, 0.25) is 0 Å². The number of carbonyl (C=O) groups excluding carboxylic acids is 3. The number of nitro benzene ring substituents is 1. The molecule has 8 nitrogen and oxygen atoms in total. The minimum Gasteiger partial charge on any atom is -0.480 e. The number of rotatable bonds is 4. The van der Waals surface area contributed by atoms with Gasteiger partial charge in [0.25, 0.3) is 17.5 Å². The lowest BCUT2D eigenvalue weighted by Gasteiger charge is -2.19. The Morgan fingerprint density at radius 1 is 1.19 bits per heavy atom. The van der Waals surface area contributed by atoms with Crippen LogP contribution >= 0.6 is 0 Å². The number of non-ortho nitro benzene ring substituents is 1. The normalized spacial score (nSPS) is 16.5. The largest absolute Gasteiger partial charge is 0.480 e. The molecule has 8 heteroatoms. The van der Waals surface area contributed by atoms with Gasteiger partial charge in [-0.25, -0.2) is 0 Å². The molecule has 0 unspecified atom stereocenters. The topological polar surface area (TPSA) is 107 Å². The van der Waals surface area contributed by atoms with Crippen LogP contribution in [-0.4, -0.2) is 40.1 Å². The van der Waals surface area contributed by atoms with Gasteiger partial charge in [-0.05, 0) is 19.1 Å². The molecule has 1 aliphatic heterocycles. The van der Waals surface area contributed by atoms with Crippen molar-refractivity contribution in [2.45, 2.75) is 13.0 Å². The van der Waals surface area contributed by atoms with E-state index >= 15 is 0 Å². The number of imide groups is 1. The zero-order valence-corrected chi connectivity index (χ0v) is 13.7. The Morgan fingerprint density at radius 2 is 1.92 bits per heavy atom. The van der Waals surface area contributed by atoms with Crippen molar-refractivity contribution < 1.29 is 24.0 Å². The highest BCUT2D eigenvalue weighted by molar-refractivity contribution is 6.12. The molecule has 0 N–H and O–H groups in total. The standard InChI is InChI=1S/C18H14N2O6/c1-11-17(22)19(18(23)14-7-2-3-8-16(14)26-11)10-15(21)12-5-4-6-13(9-12)20(24)25/h2-9,11H,10H2,1H3/t11-/m0/s1. The van der Waals surface area contributed by atoms with Crippen LogP contribution in [0.5, 0.6) is 5.75 Å². The third-order valence-electron chi connectivity index (χ3n) is 3.96. The van der Waals surface area contributed by atoms with Crippen LogP contribution in [-0.2, 0) is 4.79 Å². The zero-order chi connectivity index (χ0) is 18.8. The summed E-state index contributed by atoms with van der Waals surface area (Å²) < 4.78 is 5.49. The molecule has 3 rings (SSSR count). The van der Waals surface area contributed by atoms with Gasteiger partial charge in [-0.3, -0.25) is 29.4 Å². The smallest absolute Gasteiger partial charge is 0.270 e. The fraction of sp³-hybridized carbons (Fsp3) is 0.167. The third kappa shape index (κ3) is 3.16. The van der Waals surface area contributed by atoms with Crippen LogP contribution in [0.15, 0.2) is 48.5 Å². The maximum atomic E-state index is 12.7. The number of nitro groups is 1. The minimum absolute atomic E-state index is 0.0471. The number of fused-ring (bicyclic) bond motifs is 1. The van der Waals surface area contributed by atoms with Gasteiger partial charge in [-0.2, -0.15) is 0 Å². The average molecular weight is 354 g/mol. The molecule has 0 aromatic heterocycles. The lowest BCUT2D eigenvalue weighted by molar-refractivity contribution is -0.384. The molecule has 1 aliphatic rings. The summed E-state index contributed by atoms with van der Waals surface area (Å²) in [7, 11) is 0. The molecule has 2 aromatic carbocycles. The van der Waals surface area contributed by atoms with Crippen LogP contribution in [0.2, 0.25) is 0 Å². The molecule has 2 amide bonds. The van der Waals surface area contributed by atoms with Crippen LogP contribution < -0.4 is 4.74 Å². The average Bonchev–Trinajstić information content (AvgIpc) is 2.72. The summed E-state index contributed by atoms with van der Waals surface area (Å²) in [5.41, 5.74) is -0.0191. The second-order valence-corrected chi connectivity index (χ2v) is 5.72. The summed E-state index contributed by atoms with van der Waals surface area (Å²) in [6.07, 6.45) is -0.944. The first-order valence-electron chi connectivity index (χ1n) is 7.77. The Balaban J connectivity index is 1.91. The highest BCUT2D eigenvalue weighted by atomic mass is 16.6. The first kappa shape index (κ1) is 17.3. The molecule has 0 saturated carbocycles. The van der Waals surface area contributed by atoms with Crippen LogP contribution in [0.1, 0.15) is 27.6 Å². The van der Waals surface area contributed by atoms with Gasteiger partial charge in [-0.15, -0.1) is 0 Å². The van der Waals surface area contributed by atoms with Gasteiger partial charge in [0, 0.05) is 17.7 Å². The van der Waals surface area contributed by atoms with Crippen molar-refractivity contribution in [1.82, 2.24) is 4.90 Å². The number of benzene rings is 2. The number of carbonyl (C=O) groups is 3. The molecule has 0 fully saturated rings. The molecule has 0 aliphatic carbocycles. The second-order valence-electron chi connectivity index (χ2n) is 5.72.